The number of nitro groups is 1. The summed E-state index contributed by atoms with van der Waals surface area (Å²) in [4.78, 5) is 14.8. The van der Waals surface area contributed by atoms with Crippen molar-refractivity contribution in [1.29, 1.82) is 0 Å². The molecule has 7 heteroatoms. The molecule has 0 bridgehead atoms. The van der Waals surface area contributed by atoms with Crippen LogP contribution in [0.15, 0.2) is 42.6 Å². The average Bonchev–Trinajstić information content (AvgIpc) is 2.55. The minimum Gasteiger partial charge on any atom is -0.497 e. The van der Waals surface area contributed by atoms with Crippen molar-refractivity contribution in [3.05, 3.63) is 58.3 Å². The summed E-state index contributed by atoms with van der Waals surface area (Å²) in [6.45, 7) is 0.565. The molecule has 1 heterocycles. The molecule has 0 fully saturated rings. The van der Waals surface area contributed by atoms with Crippen LogP contribution in [0.2, 0.25) is 0 Å². The van der Waals surface area contributed by atoms with Crippen molar-refractivity contribution in [3.8, 4) is 5.75 Å². The molecule has 1 aromatic heterocycles. The lowest BCUT2D eigenvalue weighted by atomic mass is 10.1. The average molecular weight is 318 g/mol. The number of nitrogens with one attached hydrogen (secondary N) is 3. The SMILES string of the molecule is COc1ccc([C@@H](CNc2[nH+]cccc2[N+](=O)[O-])[NH+](C)C)cc1. The van der Waals surface area contributed by atoms with Gasteiger partial charge in [-0.15, -0.1) is 0 Å². The van der Waals surface area contributed by atoms with Crippen molar-refractivity contribution >= 4 is 11.5 Å². The van der Waals surface area contributed by atoms with Crippen molar-refractivity contribution < 1.29 is 19.5 Å². The van der Waals surface area contributed by atoms with Gasteiger partial charge in [-0.2, -0.15) is 0 Å². The van der Waals surface area contributed by atoms with Crippen LogP contribution in [0.3, 0.4) is 0 Å². The zero-order valence-corrected chi connectivity index (χ0v) is 13.5. The number of quaternary nitrogens is 1. The van der Waals surface area contributed by atoms with Gasteiger partial charge in [0.05, 0.1) is 32.3 Å². The van der Waals surface area contributed by atoms with Gasteiger partial charge in [0, 0.05) is 11.6 Å². The standard InChI is InChI=1S/C16H20N4O3/c1-19(2)15(12-6-8-13(23-3)9-7-12)11-18-16-14(20(21)22)5-4-10-17-16/h4-10,15H,11H2,1-3H3,(H,17,18)/p+2/t15-/m1/s1. The summed E-state index contributed by atoms with van der Waals surface area (Å²) in [5.74, 6) is 1.22. The van der Waals surface area contributed by atoms with E-state index in [1.807, 2.05) is 24.3 Å². The minimum atomic E-state index is -0.399. The number of rotatable bonds is 7. The Kier molecular flexibility index (Phi) is 5.48. The lowest BCUT2D eigenvalue weighted by molar-refractivity contribution is -0.890. The monoisotopic (exact) mass is 318 g/mol. The van der Waals surface area contributed by atoms with Crippen LogP contribution in [0.1, 0.15) is 11.6 Å². The van der Waals surface area contributed by atoms with Gasteiger partial charge in [0.2, 0.25) is 0 Å². The summed E-state index contributed by atoms with van der Waals surface area (Å²) in [5, 5.41) is 14.2. The van der Waals surface area contributed by atoms with Crippen LogP contribution in [0.4, 0.5) is 11.5 Å². The Morgan fingerprint density at radius 1 is 1.30 bits per heavy atom. The lowest BCUT2D eigenvalue weighted by Crippen LogP contribution is -3.06. The minimum absolute atomic E-state index is 0.0368. The Labute approximate surface area is 135 Å². The normalized spacial score (nSPS) is 12.0. The number of H-pyrrole nitrogens is 1. The first-order valence-corrected chi connectivity index (χ1v) is 7.36. The van der Waals surface area contributed by atoms with Crippen LogP contribution < -0.4 is 19.9 Å². The third-order valence-electron chi connectivity index (χ3n) is 3.73. The van der Waals surface area contributed by atoms with E-state index in [1.165, 1.54) is 11.0 Å². The number of aromatic amines is 1. The van der Waals surface area contributed by atoms with Gasteiger partial charge in [0.25, 0.3) is 0 Å². The van der Waals surface area contributed by atoms with Crippen molar-refractivity contribution in [1.82, 2.24) is 0 Å². The third kappa shape index (κ3) is 4.17. The second kappa shape index (κ2) is 7.55. The largest absolute Gasteiger partial charge is 0.497 e. The third-order valence-corrected chi connectivity index (χ3v) is 3.73. The predicted molar refractivity (Wildman–Crippen MR) is 86.7 cm³/mol. The molecule has 0 saturated heterocycles. The second-order valence-electron chi connectivity index (χ2n) is 5.47. The number of likely N-dealkylation sites (N-methyl/N-ethyl adjacent to an activating group) is 1. The van der Waals surface area contributed by atoms with E-state index >= 15 is 0 Å². The second-order valence-corrected chi connectivity index (χ2v) is 5.47. The lowest BCUT2D eigenvalue weighted by Gasteiger charge is -2.20. The topological polar surface area (TPSA) is 83.0 Å². The van der Waals surface area contributed by atoms with E-state index in [0.717, 1.165) is 11.3 Å². The highest BCUT2D eigenvalue weighted by Crippen LogP contribution is 2.20. The van der Waals surface area contributed by atoms with E-state index in [1.54, 1.807) is 19.4 Å². The van der Waals surface area contributed by atoms with E-state index in [9.17, 15) is 10.1 Å². The zero-order valence-electron chi connectivity index (χ0n) is 13.5. The summed E-state index contributed by atoms with van der Waals surface area (Å²) in [5.41, 5.74) is 1.17. The molecule has 0 unspecified atom stereocenters. The van der Waals surface area contributed by atoms with E-state index in [4.69, 9.17) is 4.74 Å². The van der Waals surface area contributed by atoms with Crippen molar-refractivity contribution in [2.45, 2.75) is 6.04 Å². The first-order chi connectivity index (χ1) is 11.0. The van der Waals surface area contributed by atoms with Gasteiger partial charge >= 0.3 is 11.5 Å². The van der Waals surface area contributed by atoms with Gasteiger partial charge in [-0.3, -0.25) is 15.4 Å². The van der Waals surface area contributed by atoms with Crippen molar-refractivity contribution in [2.75, 3.05) is 33.1 Å². The molecule has 0 aliphatic rings. The van der Waals surface area contributed by atoms with Crippen LogP contribution in [0.5, 0.6) is 5.75 Å². The van der Waals surface area contributed by atoms with Crippen molar-refractivity contribution in [2.24, 2.45) is 0 Å². The smallest absolute Gasteiger partial charge is 0.357 e. The number of anilines is 1. The molecule has 2 aromatic rings. The highest BCUT2D eigenvalue weighted by atomic mass is 16.6. The number of hydrogen-bond acceptors (Lipinski definition) is 4. The fourth-order valence-electron chi connectivity index (χ4n) is 2.42. The molecule has 3 N–H and O–H groups in total. The Morgan fingerprint density at radius 2 is 2.00 bits per heavy atom. The molecule has 0 saturated carbocycles. The van der Waals surface area contributed by atoms with Gasteiger partial charge in [-0.1, -0.05) is 0 Å². The molecule has 122 valence electrons. The van der Waals surface area contributed by atoms with E-state index in [-0.39, 0.29) is 11.7 Å². The van der Waals surface area contributed by atoms with Gasteiger partial charge in [0.15, 0.2) is 6.04 Å². The maximum Gasteiger partial charge on any atom is 0.357 e. The maximum absolute atomic E-state index is 11.1. The summed E-state index contributed by atoms with van der Waals surface area (Å²) in [6.07, 6.45) is 1.67. The first-order valence-electron chi connectivity index (χ1n) is 7.36. The predicted octanol–water partition coefficient (Wildman–Crippen LogP) is 0.715. The fraction of sp³-hybridized carbons (Fsp3) is 0.312. The Hall–Kier alpha value is -2.67. The number of aromatic nitrogens is 1. The van der Waals surface area contributed by atoms with E-state index < -0.39 is 4.92 Å². The van der Waals surface area contributed by atoms with Gasteiger partial charge in [0.1, 0.15) is 12.3 Å². The van der Waals surface area contributed by atoms with Crippen LogP contribution in [0, 0.1) is 10.1 Å². The molecule has 1 aromatic carbocycles. The Morgan fingerprint density at radius 3 is 2.57 bits per heavy atom. The molecule has 23 heavy (non-hydrogen) atoms. The van der Waals surface area contributed by atoms with Crippen LogP contribution in [-0.2, 0) is 0 Å². The molecular weight excluding hydrogens is 296 g/mol. The quantitative estimate of drug-likeness (QED) is 0.582. The molecule has 0 aliphatic heterocycles. The highest BCUT2D eigenvalue weighted by molar-refractivity contribution is 5.51. The zero-order chi connectivity index (χ0) is 16.8. The number of benzene rings is 1. The molecule has 7 nitrogen and oxygen atoms in total. The van der Waals surface area contributed by atoms with E-state index in [0.29, 0.717) is 12.4 Å². The maximum atomic E-state index is 11.1. The molecule has 0 radical (unpaired) electrons. The molecule has 1 atom stereocenters. The summed E-state index contributed by atoms with van der Waals surface area (Å²) in [7, 11) is 5.75. The number of hydrogen-bond donors (Lipinski definition) is 2. The summed E-state index contributed by atoms with van der Waals surface area (Å²) < 4.78 is 5.18. The molecule has 0 amide bonds. The molecule has 0 spiro atoms. The van der Waals surface area contributed by atoms with Crippen molar-refractivity contribution in [3.63, 3.8) is 0 Å². The molecule has 2 rings (SSSR count). The first kappa shape index (κ1) is 16.7. The number of ether oxygens (including phenoxy) is 1. The van der Waals surface area contributed by atoms with Crippen LogP contribution in [0.25, 0.3) is 0 Å². The summed E-state index contributed by atoms with van der Waals surface area (Å²) in [6, 6.07) is 11.1. The Bertz CT molecular complexity index is 659. The van der Waals surface area contributed by atoms with Gasteiger partial charge < -0.3 is 9.64 Å². The number of nitrogens with zero attached hydrogens (tertiary/aromatic N) is 1. The van der Waals surface area contributed by atoms with Gasteiger partial charge in [-0.25, -0.2) is 4.98 Å². The number of pyridine rings is 1. The van der Waals surface area contributed by atoms with Crippen LogP contribution in [-0.4, -0.2) is 32.7 Å². The highest BCUT2D eigenvalue weighted by Gasteiger charge is 2.25. The fourth-order valence-corrected chi connectivity index (χ4v) is 2.42. The van der Waals surface area contributed by atoms with Crippen LogP contribution >= 0.6 is 0 Å². The molecule has 0 aliphatic carbocycles. The number of methoxy groups -OCH3 is 1. The van der Waals surface area contributed by atoms with Gasteiger partial charge in [-0.05, 0) is 30.3 Å². The molecular formula is C16H22N4O3+2. The summed E-state index contributed by atoms with van der Waals surface area (Å²) >= 11 is 0. The van der Waals surface area contributed by atoms with E-state index in [2.05, 4.69) is 24.4 Å². The Balaban J connectivity index is 2.16.